The van der Waals surface area contributed by atoms with Gasteiger partial charge in [0.05, 0.1) is 4.90 Å². The predicted molar refractivity (Wildman–Crippen MR) is 124 cm³/mol. The van der Waals surface area contributed by atoms with Crippen molar-refractivity contribution in [1.29, 1.82) is 0 Å². The molecule has 174 valence electrons. The van der Waals surface area contributed by atoms with Crippen LogP contribution < -0.4 is 0 Å². The molecule has 2 aliphatic rings. The minimum absolute atomic E-state index is 0.0356. The van der Waals surface area contributed by atoms with E-state index in [4.69, 9.17) is 4.74 Å². The van der Waals surface area contributed by atoms with Gasteiger partial charge in [0.25, 0.3) is 15.9 Å². The Hall–Kier alpha value is -2.93. The highest BCUT2D eigenvalue weighted by Gasteiger charge is 2.60. The van der Waals surface area contributed by atoms with Crippen molar-refractivity contribution in [2.24, 2.45) is 11.3 Å². The van der Waals surface area contributed by atoms with Crippen LogP contribution >= 0.6 is 0 Å². The lowest BCUT2D eigenvalue weighted by molar-refractivity contribution is -0.173. The lowest BCUT2D eigenvalue weighted by Gasteiger charge is -2.47. The van der Waals surface area contributed by atoms with Gasteiger partial charge in [-0.25, -0.2) is 12.7 Å². The summed E-state index contributed by atoms with van der Waals surface area (Å²) in [7, 11) is -4.09. The first-order valence-corrected chi connectivity index (χ1v) is 12.6. The van der Waals surface area contributed by atoms with Crippen LogP contribution in [-0.2, 0) is 31.0 Å². The van der Waals surface area contributed by atoms with Crippen molar-refractivity contribution in [1.82, 2.24) is 4.31 Å². The molecule has 1 fully saturated rings. The van der Waals surface area contributed by atoms with Crippen LogP contribution in [0.3, 0.4) is 0 Å². The highest BCUT2D eigenvalue weighted by Crippen LogP contribution is 2.50. The number of esters is 1. The number of ether oxygens (including phenoxy) is 1. The van der Waals surface area contributed by atoms with Crippen molar-refractivity contribution in [3.8, 4) is 0 Å². The average Bonchev–Trinajstić information content (AvgIpc) is 2.80. The lowest BCUT2D eigenvalue weighted by atomic mass is 9.61. The molecular formula is C26H29NO5S. The van der Waals surface area contributed by atoms with E-state index in [1.54, 1.807) is 12.1 Å². The number of fused-ring (bicyclic) bond motifs is 1. The van der Waals surface area contributed by atoms with E-state index in [1.807, 2.05) is 51.1 Å². The SMILES string of the molecule is CC1=C(C)C[C@]2(C(=O)OCc3ccccc3)C(=O)N(S(=O)(=O)c3ccc(C)cc3)CC[C@@H]2C1. The van der Waals surface area contributed by atoms with Gasteiger partial charge in [-0.05, 0) is 63.6 Å². The van der Waals surface area contributed by atoms with Crippen LogP contribution in [-0.4, -0.2) is 31.1 Å². The number of benzene rings is 2. The Morgan fingerprint density at radius 2 is 1.70 bits per heavy atom. The number of allylic oxidation sites excluding steroid dienone is 2. The van der Waals surface area contributed by atoms with E-state index in [1.165, 1.54) is 12.1 Å². The van der Waals surface area contributed by atoms with Gasteiger partial charge in [-0.2, -0.15) is 0 Å². The van der Waals surface area contributed by atoms with E-state index >= 15 is 0 Å². The van der Waals surface area contributed by atoms with Gasteiger partial charge in [0.2, 0.25) is 0 Å². The fraction of sp³-hybridized carbons (Fsp3) is 0.385. The number of piperidine rings is 1. The van der Waals surface area contributed by atoms with Gasteiger partial charge in [-0.15, -0.1) is 0 Å². The van der Waals surface area contributed by atoms with Gasteiger partial charge < -0.3 is 4.74 Å². The van der Waals surface area contributed by atoms with Crippen molar-refractivity contribution >= 4 is 21.9 Å². The molecule has 1 saturated heterocycles. The zero-order valence-corrected chi connectivity index (χ0v) is 20.0. The smallest absolute Gasteiger partial charge is 0.322 e. The first kappa shape index (κ1) is 23.2. The number of carbonyl (C=O) groups is 2. The molecule has 6 nitrogen and oxygen atoms in total. The minimum Gasteiger partial charge on any atom is -0.460 e. The van der Waals surface area contributed by atoms with Crippen LogP contribution in [0.5, 0.6) is 0 Å². The van der Waals surface area contributed by atoms with Crippen LogP contribution in [0.4, 0.5) is 0 Å². The van der Waals surface area contributed by atoms with Crippen molar-refractivity contribution in [2.75, 3.05) is 6.54 Å². The summed E-state index contributed by atoms with van der Waals surface area (Å²) in [5, 5.41) is 0. The second-order valence-corrected chi connectivity index (χ2v) is 11.0. The molecule has 33 heavy (non-hydrogen) atoms. The highest BCUT2D eigenvalue weighted by molar-refractivity contribution is 7.89. The summed E-state index contributed by atoms with van der Waals surface area (Å²) >= 11 is 0. The maximum atomic E-state index is 13.9. The zero-order valence-electron chi connectivity index (χ0n) is 19.2. The lowest BCUT2D eigenvalue weighted by Crippen LogP contribution is -2.60. The maximum absolute atomic E-state index is 13.9. The van der Waals surface area contributed by atoms with Gasteiger partial charge in [0.15, 0.2) is 5.41 Å². The molecule has 0 unspecified atom stereocenters. The summed E-state index contributed by atoms with van der Waals surface area (Å²) < 4.78 is 33.4. The molecular weight excluding hydrogens is 438 g/mol. The van der Waals surface area contributed by atoms with Gasteiger partial charge >= 0.3 is 5.97 Å². The molecule has 1 amide bonds. The molecule has 2 aromatic carbocycles. The fourth-order valence-corrected chi connectivity index (χ4v) is 6.33. The van der Waals surface area contributed by atoms with Crippen LogP contribution in [0.25, 0.3) is 0 Å². The first-order chi connectivity index (χ1) is 15.7. The second-order valence-electron chi connectivity index (χ2n) is 9.16. The van der Waals surface area contributed by atoms with Gasteiger partial charge in [0.1, 0.15) is 6.61 Å². The molecule has 0 spiro atoms. The van der Waals surface area contributed by atoms with Crippen molar-refractivity contribution in [2.45, 2.75) is 51.5 Å². The molecule has 7 heteroatoms. The number of carbonyl (C=O) groups excluding carboxylic acids is 2. The summed E-state index contributed by atoms with van der Waals surface area (Å²) in [6.07, 6.45) is 1.17. The van der Waals surface area contributed by atoms with Gasteiger partial charge in [0, 0.05) is 6.54 Å². The van der Waals surface area contributed by atoms with Gasteiger partial charge in [-0.3, -0.25) is 9.59 Å². The minimum atomic E-state index is -4.09. The maximum Gasteiger partial charge on any atom is 0.322 e. The Morgan fingerprint density at radius 3 is 2.36 bits per heavy atom. The van der Waals surface area contributed by atoms with E-state index in [0.29, 0.717) is 12.8 Å². The van der Waals surface area contributed by atoms with E-state index in [2.05, 4.69) is 0 Å². The van der Waals surface area contributed by atoms with Crippen LogP contribution in [0.15, 0.2) is 70.6 Å². The molecule has 1 aliphatic carbocycles. The van der Waals surface area contributed by atoms with Crippen molar-refractivity contribution in [3.63, 3.8) is 0 Å². The fourth-order valence-electron chi connectivity index (χ4n) is 4.87. The topological polar surface area (TPSA) is 80.8 Å². The zero-order chi connectivity index (χ0) is 23.8. The number of sulfonamides is 1. The summed E-state index contributed by atoms with van der Waals surface area (Å²) in [5.41, 5.74) is 2.28. The average molecular weight is 468 g/mol. The molecule has 1 aliphatic heterocycles. The monoisotopic (exact) mass is 467 g/mol. The number of rotatable bonds is 5. The third-order valence-corrected chi connectivity index (χ3v) is 8.79. The molecule has 2 aromatic rings. The third kappa shape index (κ3) is 4.10. The Kier molecular flexibility index (Phi) is 6.18. The van der Waals surface area contributed by atoms with E-state index in [9.17, 15) is 18.0 Å². The van der Waals surface area contributed by atoms with Crippen molar-refractivity contribution in [3.05, 3.63) is 76.9 Å². The normalized spacial score (nSPS) is 23.3. The quantitative estimate of drug-likeness (QED) is 0.370. The molecule has 0 aromatic heterocycles. The Balaban J connectivity index is 1.70. The number of nitrogens with zero attached hydrogens (tertiary/aromatic N) is 1. The highest BCUT2D eigenvalue weighted by atomic mass is 32.2. The summed E-state index contributed by atoms with van der Waals surface area (Å²) in [5.74, 6) is -1.61. The molecule has 1 heterocycles. The molecule has 0 bridgehead atoms. The van der Waals surface area contributed by atoms with E-state index in [-0.39, 0.29) is 30.4 Å². The van der Waals surface area contributed by atoms with E-state index < -0.39 is 27.3 Å². The number of hydrogen-bond acceptors (Lipinski definition) is 5. The van der Waals surface area contributed by atoms with Crippen LogP contribution in [0.2, 0.25) is 0 Å². The summed E-state index contributed by atoms with van der Waals surface area (Å²) in [4.78, 5) is 27.5. The molecule has 0 radical (unpaired) electrons. The number of amides is 1. The van der Waals surface area contributed by atoms with E-state index in [0.717, 1.165) is 26.6 Å². The molecule has 0 N–H and O–H groups in total. The number of hydrogen-bond donors (Lipinski definition) is 0. The third-order valence-electron chi connectivity index (χ3n) is 7.00. The largest absolute Gasteiger partial charge is 0.460 e. The van der Waals surface area contributed by atoms with Crippen LogP contribution in [0, 0.1) is 18.3 Å². The molecule has 0 saturated carbocycles. The summed E-state index contributed by atoms with van der Waals surface area (Å²) in [6.45, 7) is 5.87. The Morgan fingerprint density at radius 1 is 1.03 bits per heavy atom. The Bertz CT molecular complexity index is 1200. The predicted octanol–water partition coefficient (Wildman–Crippen LogP) is 4.39. The van der Waals surface area contributed by atoms with Crippen LogP contribution in [0.1, 0.15) is 44.2 Å². The number of aryl methyl sites for hydroxylation is 1. The van der Waals surface area contributed by atoms with Gasteiger partial charge in [-0.1, -0.05) is 59.2 Å². The second kappa shape index (κ2) is 8.78. The molecule has 2 atom stereocenters. The summed E-state index contributed by atoms with van der Waals surface area (Å²) in [6, 6.07) is 15.7. The standard InChI is InChI=1S/C26H29NO5S/c1-18-9-11-23(12-10-18)33(30,31)27-14-13-22-15-19(2)20(3)16-26(22,24(27)28)25(29)32-17-21-7-5-4-6-8-21/h4-12,22H,13-17H2,1-3H3/t22-,26-/m1/s1. The Labute approximate surface area is 195 Å². The first-order valence-electron chi connectivity index (χ1n) is 11.2. The van der Waals surface area contributed by atoms with Crippen molar-refractivity contribution < 1.29 is 22.7 Å². The molecule has 4 rings (SSSR count).